The minimum atomic E-state index is -5.10. The van der Waals surface area contributed by atoms with Crippen LogP contribution in [0.4, 0.5) is 52.0 Å². The van der Waals surface area contributed by atoms with Crippen molar-refractivity contribution in [1.29, 1.82) is 0 Å². The van der Waals surface area contributed by atoms with Gasteiger partial charge in [-0.15, -0.1) is 0 Å². The minimum absolute atomic E-state index is 0.00937. The van der Waals surface area contributed by atoms with E-state index in [0.29, 0.717) is 16.8 Å². The molecule has 0 atom stereocenters. The van der Waals surface area contributed by atoms with Crippen molar-refractivity contribution in [3.8, 4) is 45.8 Å². The van der Waals surface area contributed by atoms with Crippen LogP contribution in [0.5, 0.6) is 23.5 Å². The highest BCUT2D eigenvalue weighted by atomic mass is 32.2. The molecule has 0 aliphatic heterocycles. The van der Waals surface area contributed by atoms with Crippen LogP contribution in [-0.2, 0) is 61.0 Å². The predicted molar refractivity (Wildman–Crippen MR) is 431 cm³/mol. The van der Waals surface area contributed by atoms with Gasteiger partial charge in [0.2, 0.25) is 17.8 Å². The number of para-hydroxylation sites is 1. The Balaban J connectivity index is 0.709. The molecule has 10 aromatic carbocycles. The van der Waals surface area contributed by atoms with Gasteiger partial charge in [0, 0.05) is 82.6 Å². The van der Waals surface area contributed by atoms with E-state index in [0.717, 1.165) is 41.0 Å². The molecule has 0 spiro atoms. The Morgan fingerprint density at radius 3 is 1.39 bits per heavy atom. The van der Waals surface area contributed by atoms with E-state index in [1.165, 1.54) is 91.5 Å². The van der Waals surface area contributed by atoms with Gasteiger partial charge in [0.05, 0.1) is 65.8 Å². The lowest BCUT2D eigenvalue weighted by Gasteiger charge is -2.26. The number of hydrogen-bond acceptors (Lipinski definition) is 27. The topological polar surface area (TPSA) is 486 Å². The van der Waals surface area contributed by atoms with E-state index < -0.39 is 112 Å². The standard InChI is InChI=1S/C81H57N13O20S4/c1-93-58-34-32-54(65-67(58)63(50-21-9-11-23-52(50)73(65)97)69(75(93)99)71(95)42-15-5-3-6-16-42)83-44-26-36-61(118(110,111)112)57(40-44)86-79-89-77(90-81(92-79)114-47-28-30-48(31-29-47)115(101,102)103)82-38-14-25-62-87-78(91-80(88-62)113-46-18-7-4-8-19-46)84-45-27-37-60(117(107,108)109)56(41-45)85-55-33-35-59-68-64(51-22-10-12-24-53(51)74(98)66(55)68)70(76(100)94(59)2)72(96)43-17-13-20-49(39-43)116(104,105)106/h3-13,15-24,26-37,39-41,83,85H,14,25,38H2,1-2H3,(H,101,102,103)(H,104,105,106)(H,107,108,109)(H,110,111,112)(H,84,87,88,91)(H2,82,86,89,90,92). The number of nitrogens with one attached hydrogen (secondary N) is 5. The molecule has 0 bridgehead atoms. The molecular formula is C81H57N13O20S4. The van der Waals surface area contributed by atoms with Gasteiger partial charge in [0.25, 0.3) is 51.6 Å². The van der Waals surface area contributed by atoms with E-state index >= 15 is 0 Å². The molecule has 2 aliphatic rings. The number of pyridine rings is 2. The van der Waals surface area contributed by atoms with Crippen LogP contribution in [0.2, 0.25) is 0 Å². The lowest BCUT2D eigenvalue weighted by molar-refractivity contribution is 0.102. The van der Waals surface area contributed by atoms with E-state index in [4.69, 9.17) is 9.47 Å². The fraction of sp³-hybridized carbons (Fsp3) is 0.0617. The van der Waals surface area contributed by atoms with Crippen LogP contribution in [0.1, 0.15) is 75.9 Å². The zero-order valence-corrected chi connectivity index (χ0v) is 64.2. The van der Waals surface area contributed by atoms with Crippen LogP contribution in [-0.4, -0.2) is 121 Å². The predicted octanol–water partition coefficient (Wildman–Crippen LogP) is 12.2. The second-order valence-electron chi connectivity index (χ2n) is 26.8. The number of fused-ring (bicyclic) bond motifs is 4. The molecule has 0 fully saturated rings. The highest BCUT2D eigenvalue weighted by Gasteiger charge is 2.37. The summed E-state index contributed by atoms with van der Waals surface area (Å²) in [5, 5.41) is 15.4. The van der Waals surface area contributed by atoms with Crippen LogP contribution >= 0.6 is 0 Å². The second-order valence-corrected chi connectivity index (χ2v) is 32.4. The number of carbonyl (C=O) groups excluding carboxylic acids is 4. The van der Waals surface area contributed by atoms with Crippen molar-refractivity contribution >= 4 is 137 Å². The van der Waals surface area contributed by atoms with Crippen molar-refractivity contribution in [2.75, 3.05) is 33.1 Å². The number of benzene rings is 10. The van der Waals surface area contributed by atoms with Crippen LogP contribution in [0.25, 0.3) is 44.1 Å². The van der Waals surface area contributed by atoms with Gasteiger partial charge in [0.15, 0.2) is 23.1 Å². The van der Waals surface area contributed by atoms with Crippen LogP contribution in [0.15, 0.2) is 248 Å². The summed E-state index contributed by atoms with van der Waals surface area (Å²) in [6, 6.07) is 50.5. The van der Waals surface area contributed by atoms with Crippen molar-refractivity contribution < 1.29 is 80.5 Å². The van der Waals surface area contributed by atoms with Gasteiger partial charge in [-0.1, -0.05) is 109 Å². The molecule has 14 aromatic rings. The Morgan fingerprint density at radius 2 is 0.847 bits per heavy atom. The molecular weight excluding hydrogens is 1600 g/mol. The quantitative estimate of drug-likeness (QED) is 0.0146. The Hall–Kier alpha value is -14.4. The first-order chi connectivity index (χ1) is 56.3. The summed E-state index contributed by atoms with van der Waals surface area (Å²) in [6.07, 6.45) is 0.162. The Labute approximate surface area is 667 Å². The van der Waals surface area contributed by atoms with Gasteiger partial charge >= 0.3 is 12.0 Å². The number of rotatable bonds is 25. The summed E-state index contributed by atoms with van der Waals surface area (Å²) in [6.45, 7) is -0.0165. The summed E-state index contributed by atoms with van der Waals surface area (Å²) in [5.74, 6) is -3.12. The van der Waals surface area contributed by atoms with Gasteiger partial charge < -0.3 is 45.2 Å². The summed E-state index contributed by atoms with van der Waals surface area (Å²) in [7, 11) is -16.8. The summed E-state index contributed by atoms with van der Waals surface area (Å²) >= 11 is 0. The lowest BCUT2D eigenvalue weighted by atomic mass is 9.80. The van der Waals surface area contributed by atoms with Crippen molar-refractivity contribution in [1.82, 2.24) is 39.0 Å². The van der Waals surface area contributed by atoms with Gasteiger partial charge in [-0.2, -0.15) is 63.6 Å². The van der Waals surface area contributed by atoms with E-state index in [2.05, 4.69) is 56.5 Å². The lowest BCUT2D eigenvalue weighted by Crippen LogP contribution is -2.29. The van der Waals surface area contributed by atoms with E-state index in [9.17, 15) is 80.6 Å². The number of carbonyl (C=O) groups is 4. The number of ether oxygens (including phenoxy) is 2. The van der Waals surface area contributed by atoms with Gasteiger partial charge in [-0.3, -0.25) is 47.0 Å². The third kappa shape index (κ3) is 14.9. The van der Waals surface area contributed by atoms with Crippen molar-refractivity contribution in [3.63, 3.8) is 0 Å². The summed E-state index contributed by atoms with van der Waals surface area (Å²) in [4.78, 5) is 112. The maximum Gasteiger partial charge on any atom is 0.328 e. The first kappa shape index (κ1) is 77.5. The monoisotopic (exact) mass is 1660 g/mol. The molecule has 37 heteroatoms. The third-order valence-corrected chi connectivity index (χ3v) is 22.9. The number of aromatic nitrogens is 8. The van der Waals surface area contributed by atoms with E-state index in [-0.39, 0.29) is 155 Å². The second kappa shape index (κ2) is 30.1. The van der Waals surface area contributed by atoms with Gasteiger partial charge in [0.1, 0.15) is 27.1 Å². The molecule has 4 aromatic heterocycles. The van der Waals surface area contributed by atoms with Crippen molar-refractivity contribution in [3.05, 3.63) is 289 Å². The smallest absolute Gasteiger partial charge is 0.328 e. The molecule has 16 rings (SSSR count). The highest BCUT2D eigenvalue weighted by Crippen LogP contribution is 2.47. The zero-order valence-electron chi connectivity index (χ0n) is 60.9. The molecule has 0 radical (unpaired) electrons. The molecule has 2 aliphatic carbocycles. The molecule has 0 saturated heterocycles. The number of ketones is 4. The number of anilines is 9. The Kier molecular flexibility index (Phi) is 19.7. The van der Waals surface area contributed by atoms with Crippen molar-refractivity contribution in [2.24, 2.45) is 14.1 Å². The first-order valence-electron chi connectivity index (χ1n) is 35.3. The SMILES string of the molecule is Cn1c(=O)c(C(=O)c2ccccc2)c2c3c(c(Nc4ccc(S(=O)(=O)O)c(Nc5nc(NCCCc6nc(Nc7ccc(S(=O)(=O)O)c(Nc8ccc9c%10c8C(=O)c8ccccc8-c%10c(C(=O)c8cccc(S(=O)(=O)O)c8)c(=O)n9C)c7)nc(Oc7ccccc7)n6)nc(Oc6ccc(S(=O)(=O)O)cc6)n5)c4)ccc31)C(=O)c1ccccc1-2. The molecule has 0 saturated carbocycles. The van der Waals surface area contributed by atoms with Crippen LogP contribution in [0.3, 0.4) is 0 Å². The largest absolute Gasteiger partial charge is 0.424 e. The van der Waals surface area contributed by atoms with Gasteiger partial charge in [-0.05, 0) is 127 Å². The Morgan fingerprint density at radius 1 is 0.390 bits per heavy atom. The molecule has 118 heavy (non-hydrogen) atoms. The average Bonchev–Trinajstić information content (AvgIpc) is 0.712. The third-order valence-electron chi connectivity index (χ3n) is 19.3. The maximum atomic E-state index is 15.0. The minimum Gasteiger partial charge on any atom is -0.424 e. The molecule has 0 amide bonds. The fourth-order valence-electron chi connectivity index (χ4n) is 14.0. The van der Waals surface area contributed by atoms with E-state index in [1.54, 1.807) is 109 Å². The highest BCUT2D eigenvalue weighted by molar-refractivity contribution is 7.86. The van der Waals surface area contributed by atoms with Crippen LogP contribution < -0.4 is 47.2 Å². The first-order valence-corrected chi connectivity index (χ1v) is 41.0. The maximum absolute atomic E-state index is 15.0. The fourth-order valence-corrected chi connectivity index (χ4v) is 16.3. The molecule has 9 N–H and O–H groups in total. The zero-order chi connectivity index (χ0) is 83.0. The molecule has 0 unspecified atom stereocenters. The normalized spacial score (nSPS) is 12.4. The summed E-state index contributed by atoms with van der Waals surface area (Å²) < 4.78 is 157. The van der Waals surface area contributed by atoms with Gasteiger partial charge in [-0.25, -0.2) is 0 Å². The van der Waals surface area contributed by atoms with Crippen molar-refractivity contribution in [2.45, 2.75) is 32.4 Å². The molecule has 590 valence electrons. The summed E-state index contributed by atoms with van der Waals surface area (Å²) in [5.41, 5.74) is -1.18. The average molecular weight is 1660 g/mol. The number of hydrogen-bond donors (Lipinski definition) is 9. The molecule has 4 heterocycles. The Bertz CT molecular complexity index is 7310. The van der Waals surface area contributed by atoms with E-state index in [1.807, 2.05) is 0 Å². The molecule has 33 nitrogen and oxygen atoms in total. The number of aryl methyl sites for hydroxylation is 3. The van der Waals surface area contributed by atoms with Crippen LogP contribution in [0, 0.1) is 0 Å². The number of nitrogens with zero attached hydrogens (tertiary/aromatic N) is 8.